The lowest BCUT2D eigenvalue weighted by molar-refractivity contribution is -0.118. The first kappa shape index (κ1) is 22.2. The van der Waals surface area contributed by atoms with Crippen molar-refractivity contribution in [3.8, 4) is 17.1 Å². The summed E-state index contributed by atoms with van der Waals surface area (Å²) in [5, 5.41) is 15.7. The maximum absolute atomic E-state index is 12.4. The lowest BCUT2D eigenvalue weighted by atomic mass is 10.2. The van der Waals surface area contributed by atoms with Gasteiger partial charge in [-0.25, -0.2) is 4.98 Å². The fourth-order valence-corrected chi connectivity index (χ4v) is 4.88. The van der Waals surface area contributed by atoms with Crippen LogP contribution in [0, 0.1) is 6.92 Å². The molecule has 4 rings (SSSR count). The van der Waals surface area contributed by atoms with Gasteiger partial charge in [0.2, 0.25) is 5.91 Å². The number of para-hydroxylation sites is 1. The van der Waals surface area contributed by atoms with Gasteiger partial charge in [-0.2, -0.15) is 0 Å². The summed E-state index contributed by atoms with van der Waals surface area (Å²) in [7, 11) is 0. The summed E-state index contributed by atoms with van der Waals surface area (Å²) in [5.41, 5.74) is 3.03. The SMILES string of the molecule is Cc1csc(CCCCNC(=O)CSc2nnc(-c3ccccc3)n2-c2ccccc2)n1. The first-order valence-electron chi connectivity index (χ1n) is 10.6. The van der Waals surface area contributed by atoms with E-state index in [2.05, 4.69) is 25.9 Å². The molecule has 0 fully saturated rings. The maximum Gasteiger partial charge on any atom is 0.230 e. The van der Waals surface area contributed by atoms with Crippen LogP contribution in [-0.4, -0.2) is 38.0 Å². The van der Waals surface area contributed by atoms with Crippen LogP contribution in [0.25, 0.3) is 17.1 Å². The second kappa shape index (κ2) is 11.1. The van der Waals surface area contributed by atoms with Gasteiger partial charge in [0.1, 0.15) is 0 Å². The van der Waals surface area contributed by atoms with Gasteiger partial charge in [-0.3, -0.25) is 9.36 Å². The summed E-state index contributed by atoms with van der Waals surface area (Å²) < 4.78 is 2.00. The van der Waals surface area contributed by atoms with Gasteiger partial charge in [-0.15, -0.1) is 21.5 Å². The number of amides is 1. The van der Waals surface area contributed by atoms with Gasteiger partial charge in [-0.05, 0) is 38.3 Å². The van der Waals surface area contributed by atoms with Crippen LogP contribution >= 0.6 is 23.1 Å². The highest BCUT2D eigenvalue weighted by atomic mass is 32.2. The molecule has 2 heterocycles. The largest absolute Gasteiger partial charge is 0.355 e. The number of thioether (sulfide) groups is 1. The summed E-state index contributed by atoms with van der Waals surface area (Å²) in [4.78, 5) is 16.9. The van der Waals surface area contributed by atoms with Gasteiger partial charge in [0.05, 0.1) is 10.8 Å². The lowest BCUT2D eigenvalue weighted by Crippen LogP contribution is -2.26. The molecule has 8 heteroatoms. The zero-order valence-electron chi connectivity index (χ0n) is 17.9. The van der Waals surface area contributed by atoms with Gasteiger partial charge < -0.3 is 5.32 Å². The molecule has 0 aliphatic heterocycles. The van der Waals surface area contributed by atoms with Crippen molar-refractivity contribution in [3.05, 3.63) is 76.7 Å². The Morgan fingerprint density at radius 3 is 2.50 bits per heavy atom. The van der Waals surface area contributed by atoms with Crippen LogP contribution in [0.15, 0.2) is 71.2 Å². The molecule has 164 valence electrons. The molecule has 4 aromatic rings. The van der Waals surface area contributed by atoms with E-state index >= 15 is 0 Å². The highest BCUT2D eigenvalue weighted by Gasteiger charge is 2.17. The summed E-state index contributed by atoms with van der Waals surface area (Å²) in [6, 6.07) is 19.9. The molecule has 0 bridgehead atoms. The lowest BCUT2D eigenvalue weighted by Gasteiger charge is -2.10. The fraction of sp³-hybridized carbons (Fsp3) is 0.250. The highest BCUT2D eigenvalue weighted by molar-refractivity contribution is 7.99. The number of carbonyl (C=O) groups excluding carboxylic acids is 1. The average Bonchev–Trinajstić information content (AvgIpc) is 3.44. The Morgan fingerprint density at radius 2 is 1.78 bits per heavy atom. The molecule has 6 nitrogen and oxygen atoms in total. The molecule has 1 N–H and O–H groups in total. The van der Waals surface area contributed by atoms with Crippen molar-refractivity contribution in [2.24, 2.45) is 0 Å². The minimum absolute atomic E-state index is 0.00367. The number of nitrogens with one attached hydrogen (secondary N) is 1. The second-order valence-corrected chi connectivity index (χ2v) is 9.21. The monoisotopic (exact) mass is 463 g/mol. The Balaban J connectivity index is 1.33. The van der Waals surface area contributed by atoms with Crippen molar-refractivity contribution in [3.63, 3.8) is 0 Å². The molecule has 0 aliphatic rings. The first-order valence-corrected chi connectivity index (χ1v) is 12.4. The van der Waals surface area contributed by atoms with Gasteiger partial charge in [-0.1, -0.05) is 60.3 Å². The number of unbranched alkanes of at least 4 members (excludes halogenated alkanes) is 1. The van der Waals surface area contributed by atoms with E-state index in [0.717, 1.165) is 42.0 Å². The van der Waals surface area contributed by atoms with Crippen molar-refractivity contribution < 1.29 is 4.79 Å². The van der Waals surface area contributed by atoms with Crippen LogP contribution in [0.5, 0.6) is 0 Å². The molecule has 1 amide bonds. The number of thiazole rings is 1. The maximum atomic E-state index is 12.4. The number of hydrogen-bond acceptors (Lipinski definition) is 6. The zero-order valence-corrected chi connectivity index (χ0v) is 19.5. The van der Waals surface area contributed by atoms with Crippen LogP contribution < -0.4 is 5.32 Å². The van der Waals surface area contributed by atoms with Crippen molar-refractivity contribution in [1.82, 2.24) is 25.1 Å². The molecule has 0 radical (unpaired) electrons. The Bertz CT molecular complexity index is 1140. The van der Waals surface area contributed by atoms with Gasteiger partial charge in [0, 0.05) is 28.9 Å². The van der Waals surface area contributed by atoms with E-state index in [-0.39, 0.29) is 5.91 Å². The zero-order chi connectivity index (χ0) is 22.2. The van der Waals surface area contributed by atoms with E-state index in [1.54, 1.807) is 11.3 Å². The van der Waals surface area contributed by atoms with E-state index in [1.165, 1.54) is 16.8 Å². The van der Waals surface area contributed by atoms with Crippen LogP contribution in [0.1, 0.15) is 23.5 Å². The first-order chi connectivity index (χ1) is 15.7. The van der Waals surface area contributed by atoms with Gasteiger partial charge in [0.15, 0.2) is 11.0 Å². The van der Waals surface area contributed by atoms with Crippen molar-refractivity contribution in [1.29, 1.82) is 0 Å². The molecule has 0 aliphatic carbocycles. The van der Waals surface area contributed by atoms with Crippen LogP contribution in [0.3, 0.4) is 0 Å². The Kier molecular flexibility index (Phi) is 7.68. The second-order valence-electron chi connectivity index (χ2n) is 7.32. The summed E-state index contributed by atoms with van der Waals surface area (Å²) in [6.07, 6.45) is 2.92. The van der Waals surface area contributed by atoms with E-state index in [1.807, 2.05) is 72.2 Å². The van der Waals surface area contributed by atoms with E-state index in [9.17, 15) is 4.79 Å². The minimum atomic E-state index is 0.00367. The fourth-order valence-electron chi connectivity index (χ4n) is 3.28. The molecule has 0 spiro atoms. The topological polar surface area (TPSA) is 72.7 Å². The molecule has 2 aromatic heterocycles. The number of benzene rings is 2. The predicted octanol–water partition coefficient (Wildman–Crippen LogP) is 4.93. The molecular formula is C24H25N5OS2. The van der Waals surface area contributed by atoms with Crippen LogP contribution in [-0.2, 0) is 11.2 Å². The minimum Gasteiger partial charge on any atom is -0.355 e. The smallest absolute Gasteiger partial charge is 0.230 e. The van der Waals surface area contributed by atoms with Crippen molar-refractivity contribution in [2.75, 3.05) is 12.3 Å². The molecule has 0 atom stereocenters. The number of aromatic nitrogens is 4. The Labute approximate surface area is 196 Å². The highest BCUT2D eigenvalue weighted by Crippen LogP contribution is 2.27. The van der Waals surface area contributed by atoms with Crippen LogP contribution in [0.4, 0.5) is 0 Å². The molecular weight excluding hydrogens is 438 g/mol. The molecule has 0 saturated carbocycles. The van der Waals surface area contributed by atoms with E-state index in [0.29, 0.717) is 17.5 Å². The third kappa shape index (κ3) is 5.83. The third-order valence-electron chi connectivity index (χ3n) is 4.82. The number of aryl methyl sites for hydroxylation is 2. The molecule has 0 saturated heterocycles. The number of rotatable bonds is 10. The molecule has 2 aromatic carbocycles. The van der Waals surface area contributed by atoms with Crippen molar-refractivity contribution >= 4 is 29.0 Å². The summed E-state index contributed by atoms with van der Waals surface area (Å²) in [6.45, 7) is 2.68. The van der Waals surface area contributed by atoms with Gasteiger partial charge in [0.25, 0.3) is 0 Å². The molecule has 32 heavy (non-hydrogen) atoms. The summed E-state index contributed by atoms with van der Waals surface area (Å²) >= 11 is 3.10. The Morgan fingerprint density at radius 1 is 1.03 bits per heavy atom. The van der Waals surface area contributed by atoms with Crippen LogP contribution in [0.2, 0.25) is 0 Å². The standard InChI is InChI=1S/C24H25N5OS2/c1-18-16-31-22(26-18)14-8-9-15-25-21(30)17-32-24-28-27-23(19-10-4-2-5-11-19)29(24)20-12-6-3-7-13-20/h2-7,10-13,16H,8-9,14-15,17H2,1H3,(H,25,30). The molecule has 0 unspecified atom stereocenters. The predicted molar refractivity (Wildman–Crippen MR) is 130 cm³/mol. The third-order valence-corrected chi connectivity index (χ3v) is 6.77. The van der Waals surface area contributed by atoms with Crippen molar-refractivity contribution in [2.45, 2.75) is 31.3 Å². The van der Waals surface area contributed by atoms with Gasteiger partial charge >= 0.3 is 0 Å². The van der Waals surface area contributed by atoms with E-state index in [4.69, 9.17) is 0 Å². The Hall–Kier alpha value is -2.97. The number of carbonyl (C=O) groups is 1. The normalized spacial score (nSPS) is 10.9. The summed E-state index contributed by atoms with van der Waals surface area (Å²) in [5.74, 6) is 1.06. The average molecular weight is 464 g/mol. The number of hydrogen-bond donors (Lipinski definition) is 1. The van der Waals surface area contributed by atoms with E-state index < -0.39 is 0 Å². The number of nitrogens with zero attached hydrogens (tertiary/aromatic N) is 4. The quantitative estimate of drug-likeness (QED) is 0.267.